The van der Waals surface area contributed by atoms with Gasteiger partial charge in [0.15, 0.2) is 6.61 Å². The number of ether oxygens (including phenoxy) is 3. The molecule has 2 aromatic carbocycles. The van der Waals surface area contributed by atoms with Crippen LogP contribution in [0.15, 0.2) is 42.5 Å². The standard InChI is InChI=1S/C20H21ClN2O5/c1-26-20(25)15-12-14(6-7-17(15)23-8-10-27-11-9-23)22-19(24)13-28-18-5-3-2-4-16(18)21/h2-7,12H,8-11,13H2,1H3,(H,22,24). The summed E-state index contributed by atoms with van der Waals surface area (Å²) in [7, 11) is 1.33. The van der Waals surface area contributed by atoms with Crippen LogP contribution in [0.2, 0.25) is 5.02 Å². The molecule has 1 fully saturated rings. The van der Waals surface area contributed by atoms with E-state index in [0.717, 1.165) is 5.69 Å². The van der Waals surface area contributed by atoms with E-state index in [1.165, 1.54) is 7.11 Å². The Kier molecular flexibility index (Phi) is 6.73. The van der Waals surface area contributed by atoms with Crippen LogP contribution in [0.3, 0.4) is 0 Å². The minimum atomic E-state index is -0.468. The van der Waals surface area contributed by atoms with Crippen LogP contribution in [-0.4, -0.2) is 51.9 Å². The molecule has 1 heterocycles. The van der Waals surface area contributed by atoms with E-state index < -0.39 is 5.97 Å². The van der Waals surface area contributed by atoms with Gasteiger partial charge in [-0.15, -0.1) is 0 Å². The fourth-order valence-electron chi connectivity index (χ4n) is 2.87. The first kappa shape index (κ1) is 20.0. The number of esters is 1. The summed E-state index contributed by atoms with van der Waals surface area (Å²) in [5.74, 6) is -0.406. The number of methoxy groups -OCH3 is 1. The van der Waals surface area contributed by atoms with Crippen molar-refractivity contribution in [2.45, 2.75) is 0 Å². The Morgan fingerprint density at radius 2 is 1.93 bits per heavy atom. The zero-order valence-electron chi connectivity index (χ0n) is 15.4. The number of amides is 1. The monoisotopic (exact) mass is 404 g/mol. The maximum atomic E-state index is 12.2. The molecule has 0 aliphatic carbocycles. The molecule has 0 unspecified atom stereocenters. The number of carbonyl (C=O) groups excluding carboxylic acids is 2. The normalized spacial score (nSPS) is 13.7. The quantitative estimate of drug-likeness (QED) is 0.746. The van der Waals surface area contributed by atoms with Crippen LogP contribution >= 0.6 is 11.6 Å². The minimum Gasteiger partial charge on any atom is -0.482 e. The summed E-state index contributed by atoms with van der Waals surface area (Å²) >= 11 is 6.01. The molecule has 0 bridgehead atoms. The van der Waals surface area contributed by atoms with Crippen molar-refractivity contribution in [3.8, 4) is 5.75 Å². The minimum absolute atomic E-state index is 0.206. The number of anilines is 2. The molecule has 2 aromatic rings. The van der Waals surface area contributed by atoms with Crippen molar-refractivity contribution in [2.75, 3.05) is 50.2 Å². The second kappa shape index (κ2) is 9.43. The van der Waals surface area contributed by atoms with E-state index in [9.17, 15) is 9.59 Å². The Morgan fingerprint density at radius 1 is 1.18 bits per heavy atom. The van der Waals surface area contributed by atoms with Gasteiger partial charge in [0.05, 0.1) is 36.6 Å². The van der Waals surface area contributed by atoms with E-state index in [1.54, 1.807) is 42.5 Å². The second-order valence-electron chi connectivity index (χ2n) is 6.09. The highest BCUT2D eigenvalue weighted by Gasteiger charge is 2.20. The summed E-state index contributed by atoms with van der Waals surface area (Å²) in [5.41, 5.74) is 1.61. The fourth-order valence-corrected chi connectivity index (χ4v) is 3.06. The highest BCUT2D eigenvalue weighted by atomic mass is 35.5. The van der Waals surface area contributed by atoms with E-state index in [4.69, 9.17) is 25.8 Å². The molecular formula is C20H21ClN2O5. The van der Waals surface area contributed by atoms with Gasteiger partial charge in [0.25, 0.3) is 5.91 Å². The Hall–Kier alpha value is -2.77. The van der Waals surface area contributed by atoms with E-state index in [1.807, 2.05) is 0 Å². The molecule has 0 aromatic heterocycles. The topological polar surface area (TPSA) is 77.1 Å². The number of benzene rings is 2. The molecule has 0 radical (unpaired) electrons. The summed E-state index contributed by atoms with van der Waals surface area (Å²) in [6.07, 6.45) is 0. The molecule has 1 saturated heterocycles. The molecule has 7 nitrogen and oxygen atoms in total. The highest BCUT2D eigenvalue weighted by Crippen LogP contribution is 2.26. The first-order valence-electron chi connectivity index (χ1n) is 8.80. The lowest BCUT2D eigenvalue weighted by Gasteiger charge is -2.30. The highest BCUT2D eigenvalue weighted by molar-refractivity contribution is 6.32. The summed E-state index contributed by atoms with van der Waals surface area (Å²) in [4.78, 5) is 26.5. The smallest absolute Gasteiger partial charge is 0.340 e. The summed E-state index contributed by atoms with van der Waals surface area (Å²) in [5, 5.41) is 3.15. The average Bonchev–Trinajstić information content (AvgIpc) is 2.73. The Morgan fingerprint density at radius 3 is 2.64 bits per heavy atom. The third-order valence-electron chi connectivity index (χ3n) is 4.23. The van der Waals surface area contributed by atoms with Crippen molar-refractivity contribution < 1.29 is 23.8 Å². The number of halogens is 1. The van der Waals surface area contributed by atoms with Gasteiger partial charge in [0.2, 0.25) is 0 Å². The van der Waals surface area contributed by atoms with Crippen LogP contribution in [0.5, 0.6) is 5.75 Å². The lowest BCUT2D eigenvalue weighted by atomic mass is 10.1. The van der Waals surface area contributed by atoms with Crippen LogP contribution in [-0.2, 0) is 14.3 Å². The lowest BCUT2D eigenvalue weighted by molar-refractivity contribution is -0.118. The molecule has 3 rings (SSSR count). The number of carbonyl (C=O) groups is 2. The number of rotatable bonds is 6. The molecular weight excluding hydrogens is 384 g/mol. The summed E-state index contributed by atoms with van der Waals surface area (Å²) in [6.45, 7) is 2.35. The predicted octanol–water partition coefficient (Wildman–Crippen LogP) is 2.98. The van der Waals surface area contributed by atoms with Crippen molar-refractivity contribution in [1.29, 1.82) is 0 Å². The SMILES string of the molecule is COC(=O)c1cc(NC(=O)COc2ccccc2Cl)ccc1N1CCOCC1. The van der Waals surface area contributed by atoms with Crippen molar-refractivity contribution in [1.82, 2.24) is 0 Å². The third-order valence-corrected chi connectivity index (χ3v) is 4.55. The molecule has 0 atom stereocenters. The van der Waals surface area contributed by atoms with Gasteiger partial charge in [-0.25, -0.2) is 4.79 Å². The van der Waals surface area contributed by atoms with Gasteiger partial charge in [0, 0.05) is 18.8 Å². The van der Waals surface area contributed by atoms with Gasteiger partial charge < -0.3 is 24.4 Å². The van der Waals surface area contributed by atoms with Gasteiger partial charge in [-0.1, -0.05) is 23.7 Å². The average molecular weight is 405 g/mol. The van der Waals surface area contributed by atoms with Crippen molar-refractivity contribution >= 4 is 34.9 Å². The van der Waals surface area contributed by atoms with E-state index >= 15 is 0 Å². The van der Waals surface area contributed by atoms with Crippen molar-refractivity contribution in [3.63, 3.8) is 0 Å². The molecule has 0 spiro atoms. The molecule has 1 aliphatic heterocycles. The van der Waals surface area contributed by atoms with Gasteiger partial charge in [-0.3, -0.25) is 4.79 Å². The fraction of sp³-hybridized carbons (Fsp3) is 0.300. The van der Waals surface area contributed by atoms with Gasteiger partial charge in [-0.05, 0) is 30.3 Å². The maximum absolute atomic E-state index is 12.2. The summed E-state index contributed by atoms with van der Waals surface area (Å²) in [6, 6.07) is 12.0. The van der Waals surface area contributed by atoms with E-state index in [0.29, 0.717) is 48.3 Å². The van der Waals surface area contributed by atoms with E-state index in [2.05, 4.69) is 10.2 Å². The number of hydrogen-bond donors (Lipinski definition) is 1. The molecule has 1 amide bonds. The maximum Gasteiger partial charge on any atom is 0.340 e. The predicted molar refractivity (Wildman–Crippen MR) is 106 cm³/mol. The van der Waals surface area contributed by atoms with Crippen LogP contribution in [0.25, 0.3) is 0 Å². The third kappa shape index (κ3) is 4.94. The number of hydrogen-bond acceptors (Lipinski definition) is 6. The lowest BCUT2D eigenvalue weighted by Crippen LogP contribution is -2.37. The van der Waals surface area contributed by atoms with Crippen molar-refractivity contribution in [2.24, 2.45) is 0 Å². The first-order valence-corrected chi connectivity index (χ1v) is 9.18. The Bertz CT molecular complexity index is 852. The Balaban J connectivity index is 1.70. The number of nitrogens with zero attached hydrogens (tertiary/aromatic N) is 1. The molecule has 148 valence electrons. The molecule has 8 heteroatoms. The van der Waals surface area contributed by atoms with E-state index in [-0.39, 0.29) is 12.5 Å². The van der Waals surface area contributed by atoms with Crippen LogP contribution < -0.4 is 15.0 Å². The molecule has 0 saturated carbocycles. The van der Waals surface area contributed by atoms with Gasteiger partial charge >= 0.3 is 5.97 Å². The zero-order chi connectivity index (χ0) is 19.9. The second-order valence-corrected chi connectivity index (χ2v) is 6.50. The van der Waals surface area contributed by atoms with Gasteiger partial charge in [0.1, 0.15) is 5.75 Å². The van der Waals surface area contributed by atoms with Crippen LogP contribution in [0.1, 0.15) is 10.4 Å². The van der Waals surface area contributed by atoms with Crippen LogP contribution in [0.4, 0.5) is 11.4 Å². The molecule has 1 N–H and O–H groups in total. The molecule has 1 aliphatic rings. The van der Waals surface area contributed by atoms with Crippen molar-refractivity contribution in [3.05, 3.63) is 53.1 Å². The first-order chi connectivity index (χ1) is 13.6. The number of para-hydroxylation sites is 1. The number of morpholine rings is 1. The number of nitrogens with one attached hydrogen (secondary N) is 1. The van der Waals surface area contributed by atoms with Crippen LogP contribution in [0, 0.1) is 0 Å². The Labute approximate surface area is 168 Å². The van der Waals surface area contributed by atoms with Gasteiger partial charge in [-0.2, -0.15) is 0 Å². The summed E-state index contributed by atoms with van der Waals surface area (Å²) < 4.78 is 15.7. The molecule has 28 heavy (non-hydrogen) atoms. The zero-order valence-corrected chi connectivity index (χ0v) is 16.2. The largest absolute Gasteiger partial charge is 0.482 e.